The van der Waals surface area contributed by atoms with Gasteiger partial charge in [0, 0.05) is 32.3 Å². The third-order valence-corrected chi connectivity index (χ3v) is 4.31. The van der Waals surface area contributed by atoms with Gasteiger partial charge in [-0.1, -0.05) is 0 Å². The average Bonchev–Trinajstić information content (AvgIpc) is 2.67. The second-order valence-corrected chi connectivity index (χ2v) is 6.44. The van der Waals surface area contributed by atoms with Gasteiger partial charge < -0.3 is 15.0 Å². The Morgan fingerprint density at radius 1 is 1.22 bits per heavy atom. The number of aryl methyl sites for hydroxylation is 2. The molecule has 0 unspecified atom stereocenters. The first-order valence-electron chi connectivity index (χ1n) is 9.09. The lowest BCUT2D eigenvalue weighted by atomic mass is 10.1. The van der Waals surface area contributed by atoms with E-state index in [1.807, 2.05) is 13.0 Å². The second-order valence-electron chi connectivity index (χ2n) is 6.44. The van der Waals surface area contributed by atoms with Crippen LogP contribution in [-0.4, -0.2) is 51.9 Å². The molecule has 0 spiro atoms. The smallest absolute Gasteiger partial charge is 0.271 e. The highest BCUT2D eigenvalue weighted by molar-refractivity contribution is 5.91. The number of amides is 1. The number of piperidine rings is 1. The number of hydrogen-bond donors (Lipinski definition) is 1. The van der Waals surface area contributed by atoms with Gasteiger partial charge in [-0.15, -0.1) is 0 Å². The van der Waals surface area contributed by atoms with Crippen molar-refractivity contribution in [2.45, 2.75) is 26.2 Å². The number of anilines is 1. The van der Waals surface area contributed by atoms with Crippen LogP contribution in [0, 0.1) is 6.92 Å². The lowest BCUT2D eigenvalue weighted by molar-refractivity contribution is 0.0939. The molecule has 0 bridgehead atoms. The largest absolute Gasteiger partial charge is 0.476 e. The van der Waals surface area contributed by atoms with Gasteiger partial charge >= 0.3 is 0 Å². The zero-order valence-corrected chi connectivity index (χ0v) is 15.6. The lowest BCUT2D eigenvalue weighted by Crippen LogP contribution is -2.31. The quantitative estimate of drug-likeness (QED) is 0.744. The van der Waals surface area contributed by atoms with Crippen LogP contribution in [0.15, 0.2) is 23.0 Å². The van der Waals surface area contributed by atoms with Crippen LogP contribution in [0.25, 0.3) is 0 Å². The van der Waals surface area contributed by atoms with Crippen molar-refractivity contribution in [1.82, 2.24) is 25.1 Å². The van der Waals surface area contributed by atoms with Crippen molar-refractivity contribution in [3.8, 4) is 5.88 Å². The van der Waals surface area contributed by atoms with Gasteiger partial charge in [0.1, 0.15) is 23.9 Å². The minimum absolute atomic E-state index is 0.183. The van der Waals surface area contributed by atoms with Gasteiger partial charge in [-0.3, -0.25) is 9.59 Å². The standard InChI is InChI=1S/C18H24N6O3/c1-13-20-15(24-9-4-3-5-10-24)12-16(21-13)27-11-8-19-18(26)14-6-7-17(25)23(2)22-14/h6-7,12H,3-5,8-11H2,1-2H3,(H,19,26). The number of hydrogen-bond acceptors (Lipinski definition) is 7. The topological polar surface area (TPSA) is 102 Å². The summed E-state index contributed by atoms with van der Waals surface area (Å²) < 4.78 is 6.80. The van der Waals surface area contributed by atoms with E-state index in [0.717, 1.165) is 23.6 Å². The van der Waals surface area contributed by atoms with E-state index in [1.165, 1.54) is 38.4 Å². The molecule has 0 radical (unpaired) electrons. The van der Waals surface area contributed by atoms with Crippen molar-refractivity contribution >= 4 is 11.7 Å². The maximum Gasteiger partial charge on any atom is 0.271 e. The summed E-state index contributed by atoms with van der Waals surface area (Å²) in [6.45, 7) is 4.41. The summed E-state index contributed by atoms with van der Waals surface area (Å²) in [4.78, 5) is 34.4. The lowest BCUT2D eigenvalue weighted by Gasteiger charge is -2.28. The Balaban J connectivity index is 1.52. The molecular weight excluding hydrogens is 348 g/mol. The predicted molar refractivity (Wildman–Crippen MR) is 100 cm³/mol. The van der Waals surface area contributed by atoms with Gasteiger partial charge in [-0.2, -0.15) is 10.1 Å². The maximum absolute atomic E-state index is 12.1. The molecule has 27 heavy (non-hydrogen) atoms. The van der Waals surface area contributed by atoms with E-state index in [0.29, 0.717) is 18.2 Å². The Kier molecular flexibility index (Phi) is 6.00. The van der Waals surface area contributed by atoms with Crippen molar-refractivity contribution in [2.24, 2.45) is 7.05 Å². The van der Waals surface area contributed by atoms with E-state index in [-0.39, 0.29) is 23.8 Å². The van der Waals surface area contributed by atoms with Gasteiger partial charge in [-0.25, -0.2) is 9.67 Å². The van der Waals surface area contributed by atoms with Crippen LogP contribution < -0.4 is 20.5 Å². The molecule has 3 rings (SSSR count). The highest BCUT2D eigenvalue weighted by Crippen LogP contribution is 2.21. The van der Waals surface area contributed by atoms with Gasteiger partial charge in [-0.05, 0) is 32.3 Å². The number of nitrogens with zero attached hydrogens (tertiary/aromatic N) is 5. The molecule has 144 valence electrons. The summed E-state index contributed by atoms with van der Waals surface area (Å²) in [6.07, 6.45) is 3.60. The summed E-state index contributed by atoms with van der Waals surface area (Å²) in [5.41, 5.74) is -0.0825. The number of aromatic nitrogens is 4. The zero-order valence-electron chi connectivity index (χ0n) is 15.6. The molecule has 0 aliphatic carbocycles. The number of nitrogens with one attached hydrogen (secondary N) is 1. The third-order valence-electron chi connectivity index (χ3n) is 4.31. The Morgan fingerprint density at radius 2 is 2.00 bits per heavy atom. The minimum Gasteiger partial charge on any atom is -0.476 e. The van der Waals surface area contributed by atoms with Crippen molar-refractivity contribution in [3.63, 3.8) is 0 Å². The van der Waals surface area contributed by atoms with E-state index in [1.54, 1.807) is 0 Å². The van der Waals surface area contributed by atoms with Crippen LogP contribution in [0.5, 0.6) is 5.88 Å². The van der Waals surface area contributed by atoms with Crippen LogP contribution in [0.3, 0.4) is 0 Å². The summed E-state index contributed by atoms with van der Waals surface area (Å²) in [6, 6.07) is 4.55. The molecule has 2 aromatic rings. The monoisotopic (exact) mass is 372 g/mol. The zero-order chi connectivity index (χ0) is 19.2. The molecule has 9 nitrogen and oxygen atoms in total. The fourth-order valence-electron chi connectivity index (χ4n) is 2.92. The molecule has 9 heteroatoms. The Bertz CT molecular complexity index is 860. The molecule has 3 heterocycles. The van der Waals surface area contributed by atoms with Crippen molar-refractivity contribution in [2.75, 3.05) is 31.1 Å². The fraction of sp³-hybridized carbons (Fsp3) is 0.500. The van der Waals surface area contributed by atoms with E-state index < -0.39 is 0 Å². The maximum atomic E-state index is 12.1. The first-order chi connectivity index (χ1) is 13.0. The van der Waals surface area contributed by atoms with E-state index in [2.05, 4.69) is 25.3 Å². The SMILES string of the molecule is Cc1nc(OCCNC(=O)c2ccc(=O)n(C)n2)cc(N2CCCCC2)n1. The second kappa shape index (κ2) is 8.61. The molecular formula is C18H24N6O3. The predicted octanol–water partition coefficient (Wildman–Crippen LogP) is 0.678. The van der Waals surface area contributed by atoms with E-state index in [9.17, 15) is 9.59 Å². The first kappa shape index (κ1) is 18.8. The molecule has 1 fully saturated rings. The highest BCUT2D eigenvalue weighted by Gasteiger charge is 2.14. The molecule has 1 saturated heterocycles. The Hall–Kier alpha value is -2.97. The average molecular weight is 372 g/mol. The Morgan fingerprint density at radius 3 is 2.74 bits per heavy atom. The number of ether oxygens (including phenoxy) is 1. The van der Waals surface area contributed by atoms with E-state index in [4.69, 9.17) is 4.74 Å². The van der Waals surface area contributed by atoms with Crippen molar-refractivity contribution < 1.29 is 9.53 Å². The summed E-state index contributed by atoms with van der Waals surface area (Å²) in [7, 11) is 1.50. The van der Waals surface area contributed by atoms with Crippen LogP contribution in [0.1, 0.15) is 35.6 Å². The summed E-state index contributed by atoms with van der Waals surface area (Å²) in [5.74, 6) is 1.68. The molecule has 2 aromatic heterocycles. The van der Waals surface area contributed by atoms with Gasteiger partial charge in [0.2, 0.25) is 5.88 Å². The third kappa shape index (κ3) is 5.02. The van der Waals surface area contributed by atoms with E-state index >= 15 is 0 Å². The van der Waals surface area contributed by atoms with Crippen LogP contribution in [-0.2, 0) is 7.05 Å². The highest BCUT2D eigenvalue weighted by atomic mass is 16.5. The van der Waals surface area contributed by atoms with Crippen LogP contribution in [0.4, 0.5) is 5.82 Å². The number of carbonyl (C=O) groups excluding carboxylic acids is 1. The molecule has 1 aliphatic rings. The molecule has 0 aromatic carbocycles. The first-order valence-corrected chi connectivity index (χ1v) is 9.09. The summed E-state index contributed by atoms with van der Waals surface area (Å²) in [5, 5.41) is 6.62. The van der Waals surface area contributed by atoms with Crippen LogP contribution in [0.2, 0.25) is 0 Å². The normalized spacial score (nSPS) is 14.1. The molecule has 1 N–H and O–H groups in total. The van der Waals surface area contributed by atoms with Crippen molar-refractivity contribution in [1.29, 1.82) is 0 Å². The van der Waals surface area contributed by atoms with Crippen molar-refractivity contribution in [3.05, 3.63) is 40.1 Å². The summed E-state index contributed by atoms with van der Waals surface area (Å²) >= 11 is 0. The molecule has 0 saturated carbocycles. The van der Waals surface area contributed by atoms with Gasteiger partial charge in [0.15, 0.2) is 0 Å². The number of carbonyl (C=O) groups is 1. The van der Waals surface area contributed by atoms with Gasteiger partial charge in [0.25, 0.3) is 11.5 Å². The fourth-order valence-corrected chi connectivity index (χ4v) is 2.92. The van der Waals surface area contributed by atoms with Gasteiger partial charge in [0.05, 0.1) is 6.54 Å². The molecule has 0 atom stereocenters. The number of rotatable bonds is 6. The van der Waals surface area contributed by atoms with Crippen LogP contribution >= 0.6 is 0 Å². The molecule has 1 aliphatic heterocycles. The molecule has 1 amide bonds. The Labute approximate surface area is 157 Å². The minimum atomic E-state index is -0.359.